The number of nitrogens with zero attached hydrogens (tertiary/aromatic N) is 1. The van der Waals surface area contributed by atoms with Crippen LogP contribution < -0.4 is 16.4 Å². The number of nitrogens with two attached hydrogens (primary N) is 1. The minimum atomic E-state index is -0.839. The molecule has 7 nitrogen and oxygen atoms in total. The second-order valence-electron chi connectivity index (χ2n) is 6.38. The Kier molecular flexibility index (Phi) is 6.80. The fourth-order valence-corrected chi connectivity index (χ4v) is 2.45. The van der Waals surface area contributed by atoms with Crippen molar-refractivity contribution >= 4 is 17.8 Å². The van der Waals surface area contributed by atoms with E-state index >= 15 is 0 Å². The van der Waals surface area contributed by atoms with Gasteiger partial charge in [-0.1, -0.05) is 13.8 Å². The zero-order valence-corrected chi connectivity index (χ0v) is 13.9. The van der Waals surface area contributed by atoms with Crippen molar-refractivity contribution in [3.8, 4) is 0 Å². The summed E-state index contributed by atoms with van der Waals surface area (Å²) in [5, 5.41) is 5.14. The van der Waals surface area contributed by atoms with E-state index in [0.717, 1.165) is 0 Å². The molecule has 0 aliphatic carbocycles. The standard InChI is InChI=1S/C15H28N4O3/c1-9(2)10(3)17-14(21)12-5-7-19(8-6-12)11(4)13(20)18-15(16)22/h9-12H,5-8H2,1-4H3,(H,17,21)(H3,16,18,20,22)/t10-,11+/m0/s1. The van der Waals surface area contributed by atoms with Crippen molar-refractivity contribution < 1.29 is 14.4 Å². The Hall–Kier alpha value is -1.63. The molecule has 126 valence electrons. The molecule has 0 aromatic heterocycles. The molecule has 1 rings (SSSR count). The summed E-state index contributed by atoms with van der Waals surface area (Å²) in [6.07, 6.45) is 1.43. The monoisotopic (exact) mass is 312 g/mol. The van der Waals surface area contributed by atoms with Gasteiger partial charge in [-0.15, -0.1) is 0 Å². The van der Waals surface area contributed by atoms with Gasteiger partial charge in [-0.25, -0.2) is 4.79 Å². The predicted octanol–water partition coefficient (Wildman–Crippen LogP) is 0.443. The molecule has 1 aliphatic rings. The minimum absolute atomic E-state index is 0.0103. The largest absolute Gasteiger partial charge is 0.353 e. The third-order valence-corrected chi connectivity index (χ3v) is 4.44. The van der Waals surface area contributed by atoms with Crippen molar-refractivity contribution in [3.63, 3.8) is 0 Å². The van der Waals surface area contributed by atoms with E-state index < -0.39 is 18.0 Å². The average molecular weight is 312 g/mol. The molecule has 2 atom stereocenters. The van der Waals surface area contributed by atoms with Crippen LogP contribution in [0.1, 0.15) is 40.5 Å². The molecule has 0 radical (unpaired) electrons. The normalized spacial score (nSPS) is 19.5. The van der Waals surface area contributed by atoms with Gasteiger partial charge in [0.15, 0.2) is 0 Å². The molecule has 4 amide bonds. The first-order chi connectivity index (χ1) is 10.2. The van der Waals surface area contributed by atoms with E-state index in [0.29, 0.717) is 31.8 Å². The molecule has 1 saturated heterocycles. The molecule has 4 N–H and O–H groups in total. The van der Waals surface area contributed by atoms with E-state index in [1.165, 1.54) is 0 Å². The van der Waals surface area contributed by atoms with E-state index in [1.807, 2.05) is 11.8 Å². The van der Waals surface area contributed by atoms with Gasteiger partial charge in [0.25, 0.3) is 0 Å². The van der Waals surface area contributed by atoms with E-state index in [1.54, 1.807) is 6.92 Å². The van der Waals surface area contributed by atoms with Gasteiger partial charge in [0.2, 0.25) is 11.8 Å². The molecule has 22 heavy (non-hydrogen) atoms. The average Bonchev–Trinajstić information content (AvgIpc) is 2.45. The summed E-state index contributed by atoms with van der Waals surface area (Å²) in [7, 11) is 0. The number of carbonyl (C=O) groups is 3. The summed E-state index contributed by atoms with van der Waals surface area (Å²) in [5.41, 5.74) is 4.95. The van der Waals surface area contributed by atoms with Crippen LogP contribution in [0.25, 0.3) is 0 Å². The van der Waals surface area contributed by atoms with Crippen molar-refractivity contribution in [2.75, 3.05) is 13.1 Å². The van der Waals surface area contributed by atoms with E-state index in [2.05, 4.69) is 24.5 Å². The third-order valence-electron chi connectivity index (χ3n) is 4.44. The summed E-state index contributed by atoms with van der Waals surface area (Å²) < 4.78 is 0. The van der Waals surface area contributed by atoms with Crippen LogP contribution in [0.2, 0.25) is 0 Å². The van der Waals surface area contributed by atoms with Gasteiger partial charge < -0.3 is 11.1 Å². The number of nitrogens with one attached hydrogen (secondary N) is 2. The maximum absolute atomic E-state index is 12.2. The fraction of sp³-hybridized carbons (Fsp3) is 0.800. The van der Waals surface area contributed by atoms with Crippen molar-refractivity contribution in [3.05, 3.63) is 0 Å². The Morgan fingerprint density at radius 2 is 1.64 bits per heavy atom. The van der Waals surface area contributed by atoms with Crippen molar-refractivity contribution in [2.45, 2.75) is 52.6 Å². The van der Waals surface area contributed by atoms with Crippen LogP contribution in [0.15, 0.2) is 0 Å². The van der Waals surface area contributed by atoms with Crippen molar-refractivity contribution in [1.82, 2.24) is 15.5 Å². The number of carbonyl (C=O) groups excluding carboxylic acids is 3. The second-order valence-corrected chi connectivity index (χ2v) is 6.38. The van der Waals surface area contributed by atoms with Crippen LogP contribution in [0.5, 0.6) is 0 Å². The Morgan fingerprint density at radius 3 is 2.09 bits per heavy atom. The Labute approximate surface area is 132 Å². The first kappa shape index (κ1) is 18.4. The topological polar surface area (TPSA) is 105 Å². The van der Waals surface area contributed by atoms with Gasteiger partial charge in [0, 0.05) is 12.0 Å². The van der Waals surface area contributed by atoms with E-state index in [9.17, 15) is 14.4 Å². The number of hydrogen-bond donors (Lipinski definition) is 3. The quantitative estimate of drug-likeness (QED) is 0.685. The summed E-state index contributed by atoms with van der Waals surface area (Å²) in [6.45, 7) is 9.20. The maximum atomic E-state index is 12.2. The molecule has 1 fully saturated rings. The summed E-state index contributed by atoms with van der Waals surface area (Å²) in [4.78, 5) is 36.6. The van der Waals surface area contributed by atoms with E-state index in [-0.39, 0.29) is 17.9 Å². The molecule has 0 saturated carbocycles. The van der Waals surface area contributed by atoms with Crippen LogP contribution in [0.4, 0.5) is 4.79 Å². The SMILES string of the molecule is CC(C)[C@H](C)NC(=O)C1CCN([C@H](C)C(=O)NC(N)=O)CC1. The van der Waals surface area contributed by atoms with Crippen LogP contribution in [0, 0.1) is 11.8 Å². The molecule has 7 heteroatoms. The molecule has 0 bridgehead atoms. The zero-order valence-electron chi connectivity index (χ0n) is 13.9. The lowest BCUT2D eigenvalue weighted by Gasteiger charge is -2.35. The number of rotatable bonds is 5. The highest BCUT2D eigenvalue weighted by molar-refractivity contribution is 5.96. The van der Waals surface area contributed by atoms with Crippen LogP contribution >= 0.6 is 0 Å². The molecule has 0 spiro atoms. The number of likely N-dealkylation sites (tertiary alicyclic amines) is 1. The van der Waals surface area contributed by atoms with Crippen LogP contribution in [0.3, 0.4) is 0 Å². The van der Waals surface area contributed by atoms with Crippen LogP contribution in [-0.4, -0.2) is 47.9 Å². The van der Waals surface area contributed by atoms with Crippen LogP contribution in [-0.2, 0) is 9.59 Å². The zero-order chi connectivity index (χ0) is 16.9. The number of urea groups is 1. The highest BCUT2D eigenvalue weighted by Gasteiger charge is 2.30. The summed E-state index contributed by atoms with van der Waals surface area (Å²) >= 11 is 0. The van der Waals surface area contributed by atoms with Gasteiger partial charge in [-0.3, -0.25) is 19.8 Å². The number of imide groups is 1. The lowest BCUT2D eigenvalue weighted by molar-refractivity contribution is -0.128. The Bertz CT molecular complexity index is 417. The maximum Gasteiger partial charge on any atom is 0.318 e. The molecular weight excluding hydrogens is 284 g/mol. The highest BCUT2D eigenvalue weighted by Crippen LogP contribution is 2.19. The fourth-order valence-electron chi connectivity index (χ4n) is 2.45. The Morgan fingerprint density at radius 1 is 1.09 bits per heavy atom. The highest BCUT2D eigenvalue weighted by atomic mass is 16.2. The molecular formula is C15H28N4O3. The molecule has 0 aromatic carbocycles. The van der Waals surface area contributed by atoms with Gasteiger partial charge >= 0.3 is 6.03 Å². The van der Waals surface area contributed by atoms with Gasteiger partial charge in [-0.05, 0) is 45.7 Å². The Balaban J connectivity index is 2.44. The van der Waals surface area contributed by atoms with E-state index in [4.69, 9.17) is 5.73 Å². The molecule has 1 heterocycles. The molecule has 0 unspecified atom stereocenters. The summed E-state index contributed by atoms with van der Waals surface area (Å²) in [6, 6.07) is -1.11. The predicted molar refractivity (Wildman–Crippen MR) is 83.9 cm³/mol. The number of piperidine rings is 1. The van der Waals surface area contributed by atoms with Crippen molar-refractivity contribution in [1.29, 1.82) is 0 Å². The van der Waals surface area contributed by atoms with Gasteiger partial charge in [0.05, 0.1) is 6.04 Å². The summed E-state index contributed by atoms with van der Waals surface area (Å²) in [5.74, 6) is 0.0873. The first-order valence-corrected chi connectivity index (χ1v) is 7.87. The number of hydrogen-bond acceptors (Lipinski definition) is 4. The van der Waals surface area contributed by atoms with Gasteiger partial charge in [-0.2, -0.15) is 0 Å². The number of primary amides is 1. The molecule has 0 aromatic rings. The van der Waals surface area contributed by atoms with Crippen molar-refractivity contribution in [2.24, 2.45) is 17.6 Å². The smallest absolute Gasteiger partial charge is 0.318 e. The second kappa shape index (κ2) is 8.12. The minimum Gasteiger partial charge on any atom is -0.353 e. The number of amides is 4. The lowest BCUT2D eigenvalue weighted by atomic mass is 9.94. The lowest BCUT2D eigenvalue weighted by Crippen LogP contribution is -2.52. The third kappa shape index (κ3) is 5.29. The van der Waals surface area contributed by atoms with Gasteiger partial charge in [0.1, 0.15) is 0 Å². The first-order valence-electron chi connectivity index (χ1n) is 7.87. The molecule has 1 aliphatic heterocycles.